The molecule has 1 aliphatic heterocycles. The van der Waals surface area contributed by atoms with Gasteiger partial charge in [0.15, 0.2) is 5.13 Å². The van der Waals surface area contributed by atoms with Gasteiger partial charge in [-0.15, -0.1) is 0 Å². The number of thiazole rings is 1. The summed E-state index contributed by atoms with van der Waals surface area (Å²) in [5.41, 5.74) is 1.31. The third kappa shape index (κ3) is 2.85. The molecule has 2 atom stereocenters. The second-order valence-electron chi connectivity index (χ2n) is 6.72. The van der Waals surface area contributed by atoms with Gasteiger partial charge in [0.1, 0.15) is 0 Å². The summed E-state index contributed by atoms with van der Waals surface area (Å²) >= 11 is 3.80. The predicted molar refractivity (Wildman–Crippen MR) is 87.9 cm³/mol. The van der Waals surface area contributed by atoms with E-state index in [0.29, 0.717) is 0 Å². The minimum atomic E-state index is -0.318. The Bertz CT molecular complexity index is 486. The molecule has 1 aliphatic carbocycles. The average Bonchev–Trinajstić information content (AvgIpc) is 2.81. The number of aliphatic hydroxyl groups is 1. The largest absolute Gasteiger partial charge is 0.387 e. The van der Waals surface area contributed by atoms with Crippen LogP contribution in [0.1, 0.15) is 50.3 Å². The fourth-order valence-electron chi connectivity index (χ4n) is 3.15. The van der Waals surface area contributed by atoms with Crippen LogP contribution in [0.5, 0.6) is 0 Å². The molecule has 0 bridgehead atoms. The fourth-order valence-corrected chi connectivity index (χ4v) is 5.44. The van der Waals surface area contributed by atoms with E-state index >= 15 is 0 Å². The molecule has 1 fully saturated rings. The molecule has 112 valence electrons. The number of aliphatic hydroxyl groups excluding tert-OH is 1. The van der Waals surface area contributed by atoms with Gasteiger partial charge in [-0.3, -0.25) is 0 Å². The number of thioether (sulfide) groups is 1. The van der Waals surface area contributed by atoms with E-state index in [1.54, 1.807) is 11.3 Å². The molecular weight excluding hydrogens is 288 g/mol. The van der Waals surface area contributed by atoms with E-state index in [9.17, 15) is 5.11 Å². The molecule has 5 heteroatoms. The zero-order valence-corrected chi connectivity index (χ0v) is 14.2. The van der Waals surface area contributed by atoms with Gasteiger partial charge in [0.05, 0.1) is 16.7 Å². The maximum atomic E-state index is 10.4. The lowest BCUT2D eigenvalue weighted by atomic mass is 9.77. The van der Waals surface area contributed by atoms with E-state index in [1.165, 1.54) is 12.2 Å². The topological polar surface area (TPSA) is 36.4 Å². The van der Waals surface area contributed by atoms with Gasteiger partial charge in [-0.05, 0) is 24.7 Å². The Labute approximate surface area is 129 Å². The van der Waals surface area contributed by atoms with Gasteiger partial charge < -0.3 is 10.0 Å². The molecule has 1 aromatic rings. The summed E-state index contributed by atoms with van der Waals surface area (Å²) in [6.07, 6.45) is 2.76. The lowest BCUT2D eigenvalue weighted by molar-refractivity contribution is 0.102. The molecule has 1 saturated heterocycles. The van der Waals surface area contributed by atoms with Gasteiger partial charge in [-0.25, -0.2) is 4.98 Å². The number of aromatic nitrogens is 1. The summed E-state index contributed by atoms with van der Waals surface area (Å²) in [6.45, 7) is 8.91. The third-order valence-electron chi connectivity index (χ3n) is 4.28. The van der Waals surface area contributed by atoms with E-state index in [4.69, 9.17) is 4.98 Å². The van der Waals surface area contributed by atoms with E-state index in [0.717, 1.165) is 46.9 Å². The van der Waals surface area contributed by atoms with Crippen molar-refractivity contribution in [2.45, 2.75) is 51.4 Å². The zero-order valence-electron chi connectivity index (χ0n) is 12.6. The van der Waals surface area contributed by atoms with Gasteiger partial charge in [-0.1, -0.05) is 32.1 Å². The van der Waals surface area contributed by atoms with Crippen molar-refractivity contribution in [2.75, 3.05) is 23.7 Å². The molecule has 0 radical (unpaired) electrons. The molecule has 3 rings (SSSR count). The Kier molecular flexibility index (Phi) is 4.04. The Morgan fingerprint density at radius 3 is 3.00 bits per heavy atom. The molecular formula is C15H24N2OS2. The fraction of sp³-hybridized carbons (Fsp3) is 0.800. The molecule has 1 aromatic heterocycles. The molecule has 3 nitrogen and oxygen atoms in total. The summed E-state index contributed by atoms with van der Waals surface area (Å²) in [4.78, 5) is 8.40. The summed E-state index contributed by atoms with van der Waals surface area (Å²) < 4.78 is 0. The summed E-state index contributed by atoms with van der Waals surface area (Å²) in [6, 6.07) is 0. The molecule has 1 N–H and O–H groups in total. The molecule has 2 unspecified atom stereocenters. The molecule has 0 aromatic carbocycles. The van der Waals surface area contributed by atoms with Crippen molar-refractivity contribution in [3.05, 3.63) is 10.6 Å². The van der Waals surface area contributed by atoms with Crippen molar-refractivity contribution < 1.29 is 5.11 Å². The molecule has 2 aliphatic rings. The van der Waals surface area contributed by atoms with Crippen molar-refractivity contribution in [1.82, 2.24) is 4.98 Å². The normalized spacial score (nSPS) is 29.3. The second-order valence-corrected chi connectivity index (χ2v) is 9.13. The Morgan fingerprint density at radius 2 is 2.25 bits per heavy atom. The van der Waals surface area contributed by atoms with Crippen molar-refractivity contribution in [1.29, 1.82) is 0 Å². The first-order valence-corrected chi connectivity index (χ1v) is 9.39. The lowest BCUT2D eigenvalue weighted by Crippen LogP contribution is -2.37. The van der Waals surface area contributed by atoms with Crippen LogP contribution in [0.15, 0.2) is 0 Å². The van der Waals surface area contributed by atoms with E-state index < -0.39 is 0 Å². The number of nitrogens with zero attached hydrogens (tertiary/aromatic N) is 2. The van der Waals surface area contributed by atoms with Crippen molar-refractivity contribution in [3.8, 4) is 0 Å². The molecule has 0 spiro atoms. The monoisotopic (exact) mass is 312 g/mol. The summed E-state index contributed by atoms with van der Waals surface area (Å²) in [5.74, 6) is 1.19. The van der Waals surface area contributed by atoms with Crippen molar-refractivity contribution in [3.63, 3.8) is 0 Å². The van der Waals surface area contributed by atoms with Gasteiger partial charge >= 0.3 is 0 Å². The highest BCUT2D eigenvalue weighted by Gasteiger charge is 2.35. The minimum absolute atomic E-state index is 0.168. The molecule has 20 heavy (non-hydrogen) atoms. The maximum Gasteiger partial charge on any atom is 0.185 e. The second kappa shape index (κ2) is 5.50. The minimum Gasteiger partial charge on any atom is -0.387 e. The van der Waals surface area contributed by atoms with Crippen LogP contribution in [0, 0.1) is 5.41 Å². The highest BCUT2D eigenvalue weighted by atomic mass is 32.2. The number of rotatable bonds is 2. The quantitative estimate of drug-likeness (QED) is 0.907. The highest BCUT2D eigenvalue weighted by Crippen LogP contribution is 2.45. The predicted octanol–water partition coefficient (Wildman–Crippen LogP) is 3.48. The van der Waals surface area contributed by atoms with Crippen LogP contribution in [0.3, 0.4) is 0 Å². The van der Waals surface area contributed by atoms with Crippen molar-refractivity contribution in [2.24, 2.45) is 5.41 Å². The van der Waals surface area contributed by atoms with Crippen LogP contribution in [0.25, 0.3) is 0 Å². The van der Waals surface area contributed by atoms with E-state index in [2.05, 4.69) is 37.4 Å². The first kappa shape index (κ1) is 14.7. The standard InChI is InChI=1S/C15H24N2OS2/c1-4-10-9-17(5-6-19-10)14-16-11-7-15(2,3)8-12(18)13(11)20-14/h10,12,18H,4-9H2,1-3H3. The van der Waals surface area contributed by atoms with E-state index in [1.807, 2.05) is 0 Å². The molecule has 0 saturated carbocycles. The average molecular weight is 313 g/mol. The van der Waals surface area contributed by atoms with Crippen LogP contribution in [-0.4, -0.2) is 34.2 Å². The summed E-state index contributed by atoms with van der Waals surface area (Å²) in [7, 11) is 0. The number of anilines is 1. The number of hydrogen-bond donors (Lipinski definition) is 1. The smallest absolute Gasteiger partial charge is 0.185 e. The lowest BCUT2D eigenvalue weighted by Gasteiger charge is -2.31. The first-order chi connectivity index (χ1) is 9.48. The number of fused-ring (bicyclic) bond motifs is 1. The van der Waals surface area contributed by atoms with Crippen LogP contribution in [0.4, 0.5) is 5.13 Å². The maximum absolute atomic E-state index is 10.4. The first-order valence-electron chi connectivity index (χ1n) is 7.53. The molecule has 0 amide bonds. The number of hydrogen-bond acceptors (Lipinski definition) is 5. The van der Waals surface area contributed by atoms with E-state index in [-0.39, 0.29) is 11.5 Å². The Balaban J connectivity index is 1.83. The summed E-state index contributed by atoms with van der Waals surface area (Å²) in [5, 5.41) is 12.2. The van der Waals surface area contributed by atoms with Crippen molar-refractivity contribution >= 4 is 28.2 Å². The van der Waals surface area contributed by atoms with Gasteiger partial charge in [0.25, 0.3) is 0 Å². The van der Waals surface area contributed by atoms with Gasteiger partial charge in [0, 0.05) is 24.1 Å². The highest BCUT2D eigenvalue weighted by molar-refractivity contribution is 8.00. The van der Waals surface area contributed by atoms with Gasteiger partial charge in [-0.2, -0.15) is 11.8 Å². The zero-order chi connectivity index (χ0) is 14.3. The van der Waals surface area contributed by atoms with Gasteiger partial charge in [0.2, 0.25) is 0 Å². The SMILES string of the molecule is CCC1CN(c2nc3c(s2)C(O)CC(C)(C)C3)CCS1. The van der Waals surface area contributed by atoms with Crippen LogP contribution >= 0.6 is 23.1 Å². The van der Waals surface area contributed by atoms with Crippen LogP contribution in [-0.2, 0) is 6.42 Å². The Morgan fingerprint density at radius 1 is 1.45 bits per heavy atom. The van der Waals surface area contributed by atoms with Crippen LogP contribution in [0.2, 0.25) is 0 Å². The third-order valence-corrected chi connectivity index (χ3v) is 6.91. The Hall–Kier alpha value is -0.260. The van der Waals surface area contributed by atoms with Crippen LogP contribution < -0.4 is 4.90 Å². The molecule has 2 heterocycles.